The van der Waals surface area contributed by atoms with Crippen molar-refractivity contribution in [2.75, 3.05) is 13.2 Å². The van der Waals surface area contributed by atoms with Crippen LogP contribution in [0.5, 0.6) is 0 Å². The van der Waals surface area contributed by atoms with Crippen molar-refractivity contribution in [2.24, 2.45) is 0 Å². The van der Waals surface area contributed by atoms with E-state index in [4.69, 9.17) is 14.2 Å². The molecule has 0 heterocycles. The molecule has 0 bridgehead atoms. The second kappa shape index (κ2) is 71.1. The molecule has 1 atom stereocenters. The molecule has 0 aliphatic carbocycles. The first-order chi connectivity index (χ1) is 40.5. The van der Waals surface area contributed by atoms with Crippen molar-refractivity contribution in [1.82, 2.24) is 0 Å². The van der Waals surface area contributed by atoms with E-state index in [0.29, 0.717) is 19.3 Å². The molecule has 0 aromatic rings. The molecule has 82 heavy (non-hydrogen) atoms. The number of ether oxygens (including phenoxy) is 3. The molecule has 0 rings (SSSR count). The molecule has 0 N–H and O–H groups in total. The van der Waals surface area contributed by atoms with Gasteiger partial charge in [-0.25, -0.2) is 0 Å². The van der Waals surface area contributed by atoms with Gasteiger partial charge in [0.25, 0.3) is 0 Å². The zero-order chi connectivity index (χ0) is 59.2. The third-order valence-electron chi connectivity index (χ3n) is 16.9. The van der Waals surface area contributed by atoms with Crippen molar-refractivity contribution in [3.63, 3.8) is 0 Å². The van der Waals surface area contributed by atoms with Gasteiger partial charge < -0.3 is 14.2 Å². The number of esters is 3. The number of hydrogen-bond acceptors (Lipinski definition) is 6. The van der Waals surface area contributed by atoms with E-state index in [1.165, 1.54) is 308 Å². The van der Waals surface area contributed by atoms with Gasteiger partial charge in [0.2, 0.25) is 0 Å². The van der Waals surface area contributed by atoms with Gasteiger partial charge in [0.1, 0.15) is 13.2 Å². The maximum Gasteiger partial charge on any atom is 0.306 e. The summed E-state index contributed by atoms with van der Waals surface area (Å²) < 4.78 is 17.0. The SMILES string of the molecule is CCCCCCC/C=C\C/C=C\CCCCCCCCCCCCCCCC(=O)OC(COC(=O)CCCCCCCCCCCC)COC(=O)CCCCCCCCCCCCCCCCCCC/C=C\CCCCCCCCCC. The molecule has 0 saturated carbocycles. The fourth-order valence-electron chi connectivity index (χ4n) is 11.3. The van der Waals surface area contributed by atoms with Crippen LogP contribution in [-0.2, 0) is 28.6 Å². The van der Waals surface area contributed by atoms with E-state index in [0.717, 1.165) is 64.2 Å². The van der Waals surface area contributed by atoms with E-state index >= 15 is 0 Å². The summed E-state index contributed by atoms with van der Waals surface area (Å²) in [6.07, 6.45) is 89.1. The Labute approximate surface area is 512 Å². The molecule has 1 unspecified atom stereocenters. The fourth-order valence-corrected chi connectivity index (χ4v) is 11.3. The van der Waals surface area contributed by atoms with E-state index in [9.17, 15) is 14.4 Å². The third-order valence-corrected chi connectivity index (χ3v) is 16.9. The Morgan fingerprint density at radius 1 is 0.244 bits per heavy atom. The minimum absolute atomic E-state index is 0.0664. The summed E-state index contributed by atoms with van der Waals surface area (Å²) >= 11 is 0. The molecule has 0 radical (unpaired) electrons. The third kappa shape index (κ3) is 68.4. The number of carbonyl (C=O) groups excluding carboxylic acids is 3. The predicted molar refractivity (Wildman–Crippen MR) is 358 cm³/mol. The first kappa shape index (κ1) is 79.6. The molecule has 6 nitrogen and oxygen atoms in total. The van der Waals surface area contributed by atoms with Crippen LogP contribution >= 0.6 is 0 Å². The smallest absolute Gasteiger partial charge is 0.306 e. The van der Waals surface area contributed by atoms with Crippen LogP contribution in [0.4, 0.5) is 0 Å². The first-order valence-corrected chi connectivity index (χ1v) is 37.0. The monoisotopic (exact) mass is 1150 g/mol. The molecule has 0 aliphatic rings. The first-order valence-electron chi connectivity index (χ1n) is 37.0. The van der Waals surface area contributed by atoms with Gasteiger partial charge in [-0.3, -0.25) is 14.4 Å². The highest BCUT2D eigenvalue weighted by atomic mass is 16.6. The van der Waals surface area contributed by atoms with E-state index in [1.807, 2.05) is 0 Å². The largest absolute Gasteiger partial charge is 0.462 e. The molecule has 482 valence electrons. The lowest BCUT2D eigenvalue weighted by Crippen LogP contribution is -2.30. The molecule has 0 saturated heterocycles. The highest BCUT2D eigenvalue weighted by molar-refractivity contribution is 5.71. The van der Waals surface area contributed by atoms with Gasteiger partial charge in [-0.2, -0.15) is 0 Å². The minimum Gasteiger partial charge on any atom is -0.462 e. The zero-order valence-corrected chi connectivity index (χ0v) is 55.5. The molecular weight excluding hydrogens is 1010 g/mol. The quantitative estimate of drug-likeness (QED) is 0.0261. The van der Waals surface area contributed by atoms with Gasteiger partial charge in [0, 0.05) is 19.3 Å². The number of unbranched alkanes of at least 4 members (excludes halogenated alkanes) is 52. The molecule has 0 amide bonds. The zero-order valence-electron chi connectivity index (χ0n) is 55.5. The van der Waals surface area contributed by atoms with Crippen molar-refractivity contribution >= 4 is 17.9 Å². The maximum absolute atomic E-state index is 12.9. The Hall–Kier alpha value is -2.37. The summed E-state index contributed by atoms with van der Waals surface area (Å²) in [4.78, 5) is 38.4. The second-order valence-corrected chi connectivity index (χ2v) is 25.2. The Kier molecular flexibility index (Phi) is 69.1. The van der Waals surface area contributed by atoms with Crippen LogP contribution in [0.25, 0.3) is 0 Å². The van der Waals surface area contributed by atoms with E-state index in [2.05, 4.69) is 57.2 Å². The molecule has 0 aromatic carbocycles. The summed E-state index contributed by atoms with van der Waals surface area (Å²) in [5, 5.41) is 0. The number of rotatable bonds is 69. The summed E-state index contributed by atoms with van der Waals surface area (Å²) in [5.74, 6) is -0.839. The van der Waals surface area contributed by atoms with Crippen molar-refractivity contribution in [3.8, 4) is 0 Å². The van der Waals surface area contributed by atoms with Crippen molar-refractivity contribution in [1.29, 1.82) is 0 Å². The summed E-state index contributed by atoms with van der Waals surface area (Å²) in [7, 11) is 0. The number of carbonyl (C=O) groups is 3. The van der Waals surface area contributed by atoms with Crippen LogP contribution in [0.15, 0.2) is 36.5 Å². The topological polar surface area (TPSA) is 78.9 Å². The standard InChI is InChI=1S/C76H142O6/c1-4-7-10-13-16-19-22-24-26-28-30-32-34-36-37-38-39-41-42-44-46-48-50-52-54-57-60-63-66-69-75(78)81-72-73(71-80-74(77)68-65-62-59-56-21-18-15-12-9-6-3)82-76(79)70-67-64-61-58-55-53-51-49-47-45-43-40-35-33-31-29-27-25-23-20-17-14-11-8-5-2/h23,25,28-31,73H,4-22,24,26-27,32-72H2,1-3H3/b25-23-,30-28-,31-29-. The molecule has 0 aliphatic heterocycles. The van der Waals surface area contributed by atoms with Gasteiger partial charge in [-0.05, 0) is 77.0 Å². The van der Waals surface area contributed by atoms with Crippen molar-refractivity contribution in [2.45, 2.75) is 419 Å². The Balaban J connectivity index is 4.11. The average molecular weight is 1150 g/mol. The van der Waals surface area contributed by atoms with Crippen LogP contribution in [0.1, 0.15) is 412 Å². The highest BCUT2D eigenvalue weighted by Gasteiger charge is 2.20. The van der Waals surface area contributed by atoms with Crippen LogP contribution in [0.3, 0.4) is 0 Å². The minimum atomic E-state index is -0.769. The summed E-state index contributed by atoms with van der Waals surface area (Å²) in [6.45, 7) is 6.69. The van der Waals surface area contributed by atoms with Crippen molar-refractivity contribution in [3.05, 3.63) is 36.5 Å². The molecule has 0 spiro atoms. The lowest BCUT2D eigenvalue weighted by Gasteiger charge is -2.18. The summed E-state index contributed by atoms with van der Waals surface area (Å²) in [5.41, 5.74) is 0. The van der Waals surface area contributed by atoms with E-state index < -0.39 is 6.10 Å². The Morgan fingerprint density at radius 3 is 0.683 bits per heavy atom. The van der Waals surface area contributed by atoms with Gasteiger partial charge in [-0.15, -0.1) is 0 Å². The normalized spacial score (nSPS) is 12.2. The Morgan fingerprint density at radius 2 is 0.439 bits per heavy atom. The van der Waals surface area contributed by atoms with Gasteiger partial charge in [0.15, 0.2) is 6.10 Å². The van der Waals surface area contributed by atoms with Crippen LogP contribution in [0.2, 0.25) is 0 Å². The Bertz CT molecular complexity index is 1370. The van der Waals surface area contributed by atoms with Gasteiger partial charge in [-0.1, -0.05) is 353 Å². The van der Waals surface area contributed by atoms with E-state index in [1.54, 1.807) is 0 Å². The van der Waals surface area contributed by atoms with E-state index in [-0.39, 0.29) is 31.1 Å². The van der Waals surface area contributed by atoms with Crippen LogP contribution in [0, 0.1) is 0 Å². The fraction of sp³-hybridized carbons (Fsp3) is 0.882. The highest BCUT2D eigenvalue weighted by Crippen LogP contribution is 2.19. The second-order valence-electron chi connectivity index (χ2n) is 25.2. The predicted octanol–water partition coefficient (Wildman–Crippen LogP) is 25.5. The molecule has 6 heteroatoms. The summed E-state index contributed by atoms with van der Waals surface area (Å²) in [6, 6.07) is 0. The van der Waals surface area contributed by atoms with Gasteiger partial charge in [0.05, 0.1) is 0 Å². The van der Waals surface area contributed by atoms with Crippen LogP contribution in [-0.4, -0.2) is 37.2 Å². The van der Waals surface area contributed by atoms with Gasteiger partial charge >= 0.3 is 17.9 Å². The molecule has 0 aromatic heterocycles. The number of hydrogen-bond donors (Lipinski definition) is 0. The molecule has 0 fully saturated rings. The number of allylic oxidation sites excluding steroid dienone is 6. The lowest BCUT2D eigenvalue weighted by molar-refractivity contribution is -0.167. The average Bonchev–Trinajstić information content (AvgIpc) is 3.47. The van der Waals surface area contributed by atoms with Crippen molar-refractivity contribution < 1.29 is 28.6 Å². The molecular formula is C76H142O6. The lowest BCUT2D eigenvalue weighted by atomic mass is 10.0. The van der Waals surface area contributed by atoms with Crippen LogP contribution < -0.4 is 0 Å². The maximum atomic E-state index is 12.9.